The minimum Gasteiger partial charge on any atom is -0.383 e. The Morgan fingerprint density at radius 1 is 1.15 bits per heavy atom. The van der Waals surface area contributed by atoms with Gasteiger partial charge in [0.25, 0.3) is 0 Å². The summed E-state index contributed by atoms with van der Waals surface area (Å²) in [5.74, 6) is 0.220. The highest BCUT2D eigenvalue weighted by atomic mass is 35.5. The van der Waals surface area contributed by atoms with Gasteiger partial charge in [0.15, 0.2) is 0 Å². The van der Waals surface area contributed by atoms with E-state index < -0.39 is 0 Å². The Labute approximate surface area is 130 Å². The summed E-state index contributed by atoms with van der Waals surface area (Å²) in [4.78, 5) is 14.1. The maximum Gasteiger partial charge on any atom is 0.224 e. The van der Waals surface area contributed by atoms with Crippen molar-refractivity contribution in [2.24, 2.45) is 0 Å². The molecule has 0 aliphatic carbocycles. The minimum absolute atomic E-state index is 0.220. The van der Waals surface area contributed by atoms with E-state index in [1.54, 1.807) is 18.2 Å². The number of anilines is 1. The molecule has 1 heterocycles. The lowest BCUT2D eigenvalue weighted by molar-refractivity contribution is -0.130. The van der Waals surface area contributed by atoms with Gasteiger partial charge in [-0.3, -0.25) is 4.79 Å². The summed E-state index contributed by atoms with van der Waals surface area (Å²) >= 11 is 12.0. The van der Waals surface area contributed by atoms with Gasteiger partial charge in [0, 0.05) is 31.1 Å². The molecule has 0 radical (unpaired) electrons. The molecule has 1 aromatic rings. The Bertz CT molecular complexity index is 457. The van der Waals surface area contributed by atoms with Crippen molar-refractivity contribution in [2.45, 2.75) is 32.1 Å². The highest BCUT2D eigenvalue weighted by Crippen LogP contribution is 2.25. The first-order valence-corrected chi connectivity index (χ1v) is 7.89. The molecule has 0 spiro atoms. The second-order valence-corrected chi connectivity index (χ2v) is 5.94. The SMILES string of the molecule is O=C(CCNc1cc(Cl)ccc1Cl)N1CCCCCC1. The van der Waals surface area contributed by atoms with Gasteiger partial charge in [0.05, 0.1) is 10.7 Å². The molecule has 1 aliphatic rings. The Morgan fingerprint density at radius 3 is 2.55 bits per heavy atom. The van der Waals surface area contributed by atoms with Crippen LogP contribution in [-0.4, -0.2) is 30.4 Å². The van der Waals surface area contributed by atoms with Gasteiger partial charge in [-0.05, 0) is 31.0 Å². The average Bonchev–Trinajstić information content (AvgIpc) is 2.71. The molecule has 0 aromatic heterocycles. The number of carbonyl (C=O) groups excluding carboxylic acids is 1. The van der Waals surface area contributed by atoms with E-state index in [-0.39, 0.29) is 5.91 Å². The van der Waals surface area contributed by atoms with Crippen molar-refractivity contribution >= 4 is 34.8 Å². The zero-order valence-corrected chi connectivity index (χ0v) is 13.0. The normalized spacial score (nSPS) is 15.8. The lowest BCUT2D eigenvalue weighted by atomic mass is 10.2. The molecule has 110 valence electrons. The molecule has 1 aliphatic heterocycles. The highest BCUT2D eigenvalue weighted by Gasteiger charge is 2.14. The monoisotopic (exact) mass is 314 g/mol. The number of nitrogens with one attached hydrogen (secondary N) is 1. The predicted molar refractivity (Wildman–Crippen MR) is 84.6 cm³/mol. The third-order valence-corrected chi connectivity index (χ3v) is 4.11. The first-order chi connectivity index (χ1) is 9.66. The summed E-state index contributed by atoms with van der Waals surface area (Å²) in [5, 5.41) is 4.43. The van der Waals surface area contributed by atoms with Crippen LogP contribution in [0.1, 0.15) is 32.1 Å². The smallest absolute Gasteiger partial charge is 0.224 e. The Balaban J connectivity index is 1.80. The molecule has 1 amide bonds. The van der Waals surface area contributed by atoms with Crippen molar-refractivity contribution in [3.05, 3.63) is 28.2 Å². The molecule has 1 fully saturated rings. The highest BCUT2D eigenvalue weighted by molar-refractivity contribution is 6.35. The van der Waals surface area contributed by atoms with Gasteiger partial charge in [-0.25, -0.2) is 0 Å². The van der Waals surface area contributed by atoms with Gasteiger partial charge >= 0.3 is 0 Å². The van der Waals surface area contributed by atoms with Crippen molar-refractivity contribution in [3.63, 3.8) is 0 Å². The molecule has 0 atom stereocenters. The fraction of sp³-hybridized carbons (Fsp3) is 0.533. The summed E-state index contributed by atoms with van der Waals surface area (Å²) in [6.45, 7) is 2.38. The van der Waals surface area contributed by atoms with Gasteiger partial charge in [-0.2, -0.15) is 0 Å². The van der Waals surface area contributed by atoms with E-state index in [0.717, 1.165) is 31.6 Å². The van der Waals surface area contributed by atoms with E-state index in [1.165, 1.54) is 12.8 Å². The maximum absolute atomic E-state index is 12.1. The maximum atomic E-state index is 12.1. The Hall–Kier alpha value is -0.930. The predicted octanol–water partition coefficient (Wildman–Crippen LogP) is 4.20. The molecular formula is C15H20Cl2N2O. The van der Waals surface area contributed by atoms with Gasteiger partial charge in [0.2, 0.25) is 5.91 Å². The van der Waals surface area contributed by atoms with Gasteiger partial charge < -0.3 is 10.2 Å². The number of carbonyl (C=O) groups is 1. The molecule has 3 nitrogen and oxygen atoms in total. The molecular weight excluding hydrogens is 295 g/mol. The molecule has 20 heavy (non-hydrogen) atoms. The average molecular weight is 315 g/mol. The van der Waals surface area contributed by atoms with E-state index in [2.05, 4.69) is 5.32 Å². The minimum atomic E-state index is 0.220. The van der Waals surface area contributed by atoms with Crippen LogP contribution in [0.15, 0.2) is 18.2 Å². The number of hydrogen-bond donors (Lipinski definition) is 1. The third kappa shape index (κ3) is 4.57. The molecule has 2 rings (SSSR count). The van der Waals surface area contributed by atoms with Crippen molar-refractivity contribution in [1.29, 1.82) is 0 Å². The zero-order chi connectivity index (χ0) is 14.4. The lowest BCUT2D eigenvalue weighted by Crippen LogP contribution is -2.32. The largest absolute Gasteiger partial charge is 0.383 e. The van der Waals surface area contributed by atoms with Crippen LogP contribution in [0.3, 0.4) is 0 Å². The molecule has 1 saturated heterocycles. The van der Waals surface area contributed by atoms with E-state index in [0.29, 0.717) is 23.0 Å². The Morgan fingerprint density at radius 2 is 1.85 bits per heavy atom. The summed E-state index contributed by atoms with van der Waals surface area (Å²) in [7, 11) is 0. The molecule has 0 saturated carbocycles. The van der Waals surface area contributed by atoms with Crippen LogP contribution in [0, 0.1) is 0 Å². The molecule has 1 N–H and O–H groups in total. The van der Waals surface area contributed by atoms with Crippen LogP contribution in [-0.2, 0) is 4.79 Å². The van der Waals surface area contributed by atoms with Crippen molar-refractivity contribution in [2.75, 3.05) is 25.0 Å². The van der Waals surface area contributed by atoms with Crippen LogP contribution < -0.4 is 5.32 Å². The second-order valence-electron chi connectivity index (χ2n) is 5.10. The standard InChI is InChI=1S/C15H20Cl2N2O/c16-12-5-6-13(17)14(11-12)18-8-7-15(20)19-9-3-1-2-4-10-19/h5-6,11,18H,1-4,7-10H2. The zero-order valence-electron chi connectivity index (χ0n) is 11.5. The van der Waals surface area contributed by atoms with Crippen molar-refractivity contribution < 1.29 is 4.79 Å². The summed E-state index contributed by atoms with van der Waals surface area (Å²) < 4.78 is 0. The second kappa shape index (κ2) is 7.75. The van der Waals surface area contributed by atoms with Crippen LogP contribution in [0.5, 0.6) is 0 Å². The first kappa shape index (κ1) is 15.5. The number of nitrogens with zero attached hydrogens (tertiary/aromatic N) is 1. The lowest BCUT2D eigenvalue weighted by Gasteiger charge is -2.20. The number of hydrogen-bond acceptors (Lipinski definition) is 2. The van der Waals surface area contributed by atoms with Gasteiger partial charge in [-0.15, -0.1) is 0 Å². The summed E-state index contributed by atoms with van der Waals surface area (Å²) in [6, 6.07) is 5.28. The number of halogens is 2. The Kier molecular flexibility index (Phi) is 5.99. The molecule has 1 aromatic carbocycles. The molecule has 0 bridgehead atoms. The van der Waals surface area contributed by atoms with Crippen LogP contribution in [0.4, 0.5) is 5.69 Å². The topological polar surface area (TPSA) is 32.3 Å². The number of benzene rings is 1. The van der Waals surface area contributed by atoms with Crippen LogP contribution >= 0.6 is 23.2 Å². The van der Waals surface area contributed by atoms with Crippen molar-refractivity contribution in [1.82, 2.24) is 4.90 Å². The van der Waals surface area contributed by atoms with E-state index in [9.17, 15) is 4.79 Å². The fourth-order valence-corrected chi connectivity index (χ4v) is 2.77. The number of amides is 1. The molecule has 0 unspecified atom stereocenters. The first-order valence-electron chi connectivity index (χ1n) is 7.13. The van der Waals surface area contributed by atoms with E-state index in [4.69, 9.17) is 23.2 Å². The fourth-order valence-electron chi connectivity index (χ4n) is 2.42. The van der Waals surface area contributed by atoms with Crippen LogP contribution in [0.2, 0.25) is 10.0 Å². The third-order valence-electron chi connectivity index (χ3n) is 3.54. The number of likely N-dealkylation sites (tertiary alicyclic amines) is 1. The van der Waals surface area contributed by atoms with Crippen LogP contribution in [0.25, 0.3) is 0 Å². The van der Waals surface area contributed by atoms with Crippen molar-refractivity contribution in [3.8, 4) is 0 Å². The summed E-state index contributed by atoms with van der Waals surface area (Å²) in [5.41, 5.74) is 0.780. The molecule has 5 heteroatoms. The number of rotatable bonds is 4. The van der Waals surface area contributed by atoms with Gasteiger partial charge in [0.1, 0.15) is 0 Å². The summed E-state index contributed by atoms with van der Waals surface area (Å²) in [6.07, 6.45) is 5.21. The van der Waals surface area contributed by atoms with E-state index >= 15 is 0 Å². The quantitative estimate of drug-likeness (QED) is 0.903. The van der Waals surface area contributed by atoms with Gasteiger partial charge in [-0.1, -0.05) is 36.0 Å². The van der Waals surface area contributed by atoms with E-state index in [1.807, 2.05) is 4.90 Å².